The van der Waals surface area contributed by atoms with E-state index in [9.17, 15) is 14.0 Å². The van der Waals surface area contributed by atoms with Crippen LogP contribution in [0.4, 0.5) is 10.1 Å². The van der Waals surface area contributed by atoms with E-state index in [2.05, 4.69) is 5.32 Å². The van der Waals surface area contributed by atoms with Gasteiger partial charge in [0.15, 0.2) is 0 Å². The van der Waals surface area contributed by atoms with Gasteiger partial charge in [0.25, 0.3) is 0 Å². The molecular formula is C18H24FN3O2. The number of amides is 2. The van der Waals surface area contributed by atoms with Crippen LogP contribution in [0.5, 0.6) is 0 Å². The van der Waals surface area contributed by atoms with Crippen molar-refractivity contribution in [1.29, 1.82) is 0 Å². The van der Waals surface area contributed by atoms with E-state index >= 15 is 0 Å². The monoisotopic (exact) mass is 333 g/mol. The Labute approximate surface area is 141 Å². The number of nitrogens with one attached hydrogen (secondary N) is 1. The van der Waals surface area contributed by atoms with Crippen molar-refractivity contribution in [3.8, 4) is 0 Å². The van der Waals surface area contributed by atoms with Gasteiger partial charge >= 0.3 is 0 Å². The third kappa shape index (κ3) is 3.75. The molecular weight excluding hydrogens is 309 g/mol. The van der Waals surface area contributed by atoms with Gasteiger partial charge in [-0.25, -0.2) is 4.39 Å². The maximum absolute atomic E-state index is 13.9. The molecule has 130 valence electrons. The topological polar surface area (TPSA) is 52.7 Å². The number of carbonyl (C=O) groups excluding carboxylic acids is 2. The van der Waals surface area contributed by atoms with Gasteiger partial charge in [-0.2, -0.15) is 0 Å². The first-order valence-electron chi connectivity index (χ1n) is 8.55. The van der Waals surface area contributed by atoms with Crippen LogP contribution >= 0.6 is 0 Å². The molecule has 1 atom stereocenters. The van der Waals surface area contributed by atoms with Gasteiger partial charge in [-0.05, 0) is 44.4 Å². The molecule has 1 aliphatic carbocycles. The first-order valence-corrected chi connectivity index (χ1v) is 8.55. The first-order chi connectivity index (χ1) is 11.5. The number of rotatable bonds is 4. The Morgan fingerprint density at radius 2 is 1.88 bits per heavy atom. The van der Waals surface area contributed by atoms with Crippen molar-refractivity contribution >= 4 is 17.5 Å². The second-order valence-corrected chi connectivity index (χ2v) is 6.78. The van der Waals surface area contributed by atoms with E-state index in [4.69, 9.17) is 0 Å². The van der Waals surface area contributed by atoms with Crippen molar-refractivity contribution in [3.63, 3.8) is 0 Å². The highest BCUT2D eigenvalue weighted by Gasteiger charge is 2.35. The van der Waals surface area contributed by atoms with Crippen LogP contribution in [0.15, 0.2) is 18.2 Å². The molecule has 0 radical (unpaired) electrons. The second-order valence-electron chi connectivity index (χ2n) is 6.78. The molecule has 1 aromatic rings. The molecule has 0 aromatic heterocycles. The number of nitrogens with zero attached hydrogens (tertiary/aromatic N) is 2. The zero-order valence-corrected chi connectivity index (χ0v) is 14.2. The van der Waals surface area contributed by atoms with Crippen molar-refractivity contribution in [2.75, 3.05) is 31.5 Å². The Balaban J connectivity index is 1.53. The van der Waals surface area contributed by atoms with Gasteiger partial charge in [0.05, 0.1) is 11.7 Å². The minimum absolute atomic E-state index is 0.208. The maximum atomic E-state index is 13.9. The molecule has 0 unspecified atom stereocenters. The highest BCUT2D eigenvalue weighted by Crippen LogP contribution is 2.31. The van der Waals surface area contributed by atoms with Crippen molar-refractivity contribution in [2.24, 2.45) is 5.92 Å². The lowest BCUT2D eigenvalue weighted by molar-refractivity contribution is -0.135. The summed E-state index contributed by atoms with van der Waals surface area (Å²) in [4.78, 5) is 28.4. The summed E-state index contributed by atoms with van der Waals surface area (Å²) in [7, 11) is 0. The van der Waals surface area contributed by atoms with E-state index in [0.717, 1.165) is 18.4 Å². The number of hydrogen-bond donors (Lipinski definition) is 1. The van der Waals surface area contributed by atoms with Gasteiger partial charge in [0.2, 0.25) is 11.8 Å². The number of benzene rings is 1. The molecule has 3 rings (SSSR count). The average molecular weight is 333 g/mol. The minimum atomic E-state index is -0.421. The molecule has 2 aliphatic rings. The van der Waals surface area contributed by atoms with Crippen molar-refractivity contribution in [2.45, 2.75) is 32.7 Å². The average Bonchev–Trinajstić information content (AvgIpc) is 3.41. The van der Waals surface area contributed by atoms with Crippen LogP contribution in [0.3, 0.4) is 0 Å². The fourth-order valence-electron chi connectivity index (χ4n) is 3.04. The summed E-state index contributed by atoms with van der Waals surface area (Å²) in [5.41, 5.74) is 1.02. The number of carbonyl (C=O) groups is 2. The number of halogens is 1. The molecule has 1 aromatic carbocycles. The van der Waals surface area contributed by atoms with E-state index < -0.39 is 5.82 Å². The van der Waals surface area contributed by atoms with Gasteiger partial charge in [-0.3, -0.25) is 14.5 Å². The minimum Gasteiger partial charge on any atom is -0.340 e. The van der Waals surface area contributed by atoms with Crippen LogP contribution in [0.2, 0.25) is 0 Å². The number of piperazine rings is 1. The molecule has 1 saturated heterocycles. The standard InChI is InChI=1S/C18H24FN3O2/c1-12-3-6-16(15(19)11-12)20-17(23)13(2)21-7-9-22(10-8-21)18(24)14-4-5-14/h3,6,11,13-14H,4-5,7-10H2,1-2H3,(H,20,23)/t13-/m0/s1. The van der Waals surface area contributed by atoms with Gasteiger partial charge in [0.1, 0.15) is 5.82 Å². The molecule has 6 heteroatoms. The zero-order valence-electron chi connectivity index (χ0n) is 14.2. The van der Waals surface area contributed by atoms with Crippen LogP contribution < -0.4 is 5.32 Å². The van der Waals surface area contributed by atoms with Gasteiger partial charge in [-0.15, -0.1) is 0 Å². The fraction of sp³-hybridized carbons (Fsp3) is 0.556. The first kappa shape index (κ1) is 16.9. The molecule has 0 spiro atoms. The normalized spacial score (nSPS) is 19.9. The highest BCUT2D eigenvalue weighted by atomic mass is 19.1. The SMILES string of the molecule is Cc1ccc(NC(=O)[C@H](C)N2CCN(C(=O)C3CC3)CC2)c(F)c1. The summed E-state index contributed by atoms with van der Waals surface area (Å²) in [5.74, 6) is -0.148. The molecule has 2 fully saturated rings. The molecule has 1 heterocycles. The van der Waals surface area contributed by atoms with Crippen molar-refractivity contribution < 1.29 is 14.0 Å². The molecule has 1 N–H and O–H groups in total. The van der Waals surface area contributed by atoms with Crippen LogP contribution in [-0.4, -0.2) is 53.8 Å². The van der Waals surface area contributed by atoms with Crippen molar-refractivity contribution in [3.05, 3.63) is 29.6 Å². The molecule has 0 bridgehead atoms. The maximum Gasteiger partial charge on any atom is 0.241 e. The Hall–Kier alpha value is -1.95. The number of hydrogen-bond acceptors (Lipinski definition) is 3. The van der Waals surface area contributed by atoms with E-state index in [1.807, 2.05) is 16.7 Å². The van der Waals surface area contributed by atoms with E-state index in [1.54, 1.807) is 19.1 Å². The molecule has 2 amide bonds. The lowest BCUT2D eigenvalue weighted by atomic mass is 10.2. The van der Waals surface area contributed by atoms with E-state index in [1.165, 1.54) is 6.07 Å². The van der Waals surface area contributed by atoms with Gasteiger partial charge < -0.3 is 10.2 Å². The van der Waals surface area contributed by atoms with Gasteiger partial charge in [-0.1, -0.05) is 6.07 Å². The Morgan fingerprint density at radius 1 is 1.21 bits per heavy atom. The number of aryl methyl sites for hydroxylation is 1. The lowest BCUT2D eigenvalue weighted by Crippen LogP contribution is -2.54. The summed E-state index contributed by atoms with van der Waals surface area (Å²) in [6.07, 6.45) is 2.03. The van der Waals surface area contributed by atoms with Crippen molar-refractivity contribution in [1.82, 2.24) is 9.80 Å². The predicted octanol–water partition coefficient (Wildman–Crippen LogP) is 2.02. The largest absolute Gasteiger partial charge is 0.340 e. The zero-order chi connectivity index (χ0) is 17.3. The quantitative estimate of drug-likeness (QED) is 0.917. The summed E-state index contributed by atoms with van der Waals surface area (Å²) in [5, 5.41) is 2.66. The second kappa shape index (κ2) is 6.89. The van der Waals surface area contributed by atoms with Crippen LogP contribution in [-0.2, 0) is 9.59 Å². The third-order valence-corrected chi connectivity index (χ3v) is 4.86. The van der Waals surface area contributed by atoms with Crippen LogP contribution in [0.1, 0.15) is 25.3 Å². The van der Waals surface area contributed by atoms with Crippen LogP contribution in [0.25, 0.3) is 0 Å². The molecule has 1 aliphatic heterocycles. The molecule has 1 saturated carbocycles. The Bertz CT molecular complexity index is 637. The Kier molecular flexibility index (Phi) is 4.85. The summed E-state index contributed by atoms with van der Waals surface area (Å²) in [6.45, 7) is 6.28. The predicted molar refractivity (Wildman–Crippen MR) is 90.1 cm³/mol. The fourth-order valence-corrected chi connectivity index (χ4v) is 3.04. The van der Waals surface area contributed by atoms with E-state index in [-0.39, 0.29) is 29.5 Å². The van der Waals surface area contributed by atoms with E-state index in [0.29, 0.717) is 26.2 Å². The number of anilines is 1. The molecule has 24 heavy (non-hydrogen) atoms. The summed E-state index contributed by atoms with van der Waals surface area (Å²) >= 11 is 0. The third-order valence-electron chi connectivity index (χ3n) is 4.86. The molecule has 5 nitrogen and oxygen atoms in total. The van der Waals surface area contributed by atoms with Gasteiger partial charge in [0, 0.05) is 32.1 Å². The Morgan fingerprint density at radius 3 is 2.46 bits per heavy atom. The smallest absolute Gasteiger partial charge is 0.241 e. The lowest BCUT2D eigenvalue weighted by Gasteiger charge is -2.37. The summed E-state index contributed by atoms with van der Waals surface area (Å²) < 4.78 is 13.9. The van der Waals surface area contributed by atoms with Crippen LogP contribution in [0, 0.1) is 18.7 Å². The highest BCUT2D eigenvalue weighted by molar-refractivity contribution is 5.94. The summed E-state index contributed by atoms with van der Waals surface area (Å²) in [6, 6.07) is 4.40.